The van der Waals surface area contributed by atoms with E-state index >= 15 is 0 Å². The molecule has 1 saturated heterocycles. The molecule has 0 spiro atoms. The molecule has 21 heavy (non-hydrogen) atoms. The van der Waals surface area contributed by atoms with Crippen LogP contribution in [0.4, 0.5) is 5.69 Å². The van der Waals surface area contributed by atoms with E-state index in [-0.39, 0.29) is 11.9 Å². The minimum Gasteiger partial charge on any atom is -0.359 e. The second kappa shape index (κ2) is 5.16. The maximum absolute atomic E-state index is 12.6. The van der Waals surface area contributed by atoms with Crippen LogP contribution in [-0.2, 0) is 4.79 Å². The molecular formula is C16H20N4O. The summed E-state index contributed by atoms with van der Waals surface area (Å²) in [4.78, 5) is 15.8. The van der Waals surface area contributed by atoms with Crippen LogP contribution in [0.1, 0.15) is 25.7 Å². The van der Waals surface area contributed by atoms with E-state index in [2.05, 4.69) is 21.2 Å². The van der Waals surface area contributed by atoms with Gasteiger partial charge in [-0.3, -0.25) is 10.2 Å². The van der Waals surface area contributed by atoms with Gasteiger partial charge in [0.15, 0.2) is 0 Å². The Bertz CT molecular complexity index is 665. The first kappa shape index (κ1) is 12.9. The molecular weight excluding hydrogens is 264 g/mol. The van der Waals surface area contributed by atoms with Crippen molar-refractivity contribution in [3.05, 3.63) is 30.5 Å². The van der Waals surface area contributed by atoms with E-state index in [0.29, 0.717) is 12.0 Å². The third-order valence-electron chi connectivity index (χ3n) is 4.80. The Morgan fingerprint density at radius 1 is 1.14 bits per heavy atom. The van der Waals surface area contributed by atoms with E-state index in [0.717, 1.165) is 29.4 Å². The minimum atomic E-state index is -0.135. The summed E-state index contributed by atoms with van der Waals surface area (Å²) in [5.41, 5.74) is 8.37. The molecule has 3 atom stereocenters. The number of aromatic nitrogens is 1. The van der Waals surface area contributed by atoms with Crippen LogP contribution in [0.25, 0.3) is 10.9 Å². The van der Waals surface area contributed by atoms with Crippen molar-refractivity contribution in [3.8, 4) is 0 Å². The number of nitrogens with one attached hydrogen (secondary N) is 4. The molecule has 110 valence electrons. The van der Waals surface area contributed by atoms with Crippen LogP contribution in [0.5, 0.6) is 0 Å². The molecule has 1 aliphatic carbocycles. The van der Waals surface area contributed by atoms with Crippen molar-refractivity contribution in [1.29, 1.82) is 0 Å². The number of hydrogen-bond acceptors (Lipinski definition) is 3. The largest absolute Gasteiger partial charge is 0.359 e. The highest BCUT2D eigenvalue weighted by Crippen LogP contribution is 2.31. The summed E-state index contributed by atoms with van der Waals surface area (Å²) >= 11 is 0. The van der Waals surface area contributed by atoms with Crippen molar-refractivity contribution in [3.63, 3.8) is 0 Å². The monoisotopic (exact) mass is 284 g/mol. The molecule has 1 aliphatic heterocycles. The molecule has 1 aromatic heterocycles. The number of carbonyl (C=O) groups is 1. The lowest BCUT2D eigenvalue weighted by molar-refractivity contribution is -0.118. The highest BCUT2D eigenvalue weighted by Gasteiger charge is 2.41. The zero-order valence-electron chi connectivity index (χ0n) is 11.9. The zero-order chi connectivity index (χ0) is 14.2. The standard InChI is InChI=1S/C16H20N4O/c21-16(15-11-6-2-4-8-13(11)19-20-15)18-14-9-17-12-7-3-1-5-10(12)14/h1,3,5,7,9,11,13,15,17,19-20H,2,4,6,8H2,(H,18,21). The van der Waals surface area contributed by atoms with Gasteiger partial charge in [-0.25, -0.2) is 5.43 Å². The van der Waals surface area contributed by atoms with Gasteiger partial charge in [0.25, 0.3) is 0 Å². The second-order valence-corrected chi connectivity index (χ2v) is 6.06. The van der Waals surface area contributed by atoms with Gasteiger partial charge in [-0.2, -0.15) is 0 Å². The Labute approximate surface area is 123 Å². The van der Waals surface area contributed by atoms with Gasteiger partial charge in [-0.15, -0.1) is 0 Å². The highest BCUT2D eigenvalue weighted by atomic mass is 16.2. The summed E-state index contributed by atoms with van der Waals surface area (Å²) in [6.07, 6.45) is 6.63. The van der Waals surface area contributed by atoms with Gasteiger partial charge in [0.2, 0.25) is 5.91 Å². The Morgan fingerprint density at radius 3 is 2.95 bits per heavy atom. The Morgan fingerprint density at radius 2 is 2.00 bits per heavy atom. The summed E-state index contributed by atoms with van der Waals surface area (Å²) in [5, 5.41) is 4.12. The first-order valence-corrected chi connectivity index (χ1v) is 7.71. The number of para-hydroxylation sites is 1. The SMILES string of the molecule is O=C(Nc1c[nH]c2ccccc12)C1NNC2CCCCC21. The topological polar surface area (TPSA) is 69.0 Å². The van der Waals surface area contributed by atoms with E-state index in [1.54, 1.807) is 0 Å². The zero-order valence-corrected chi connectivity index (χ0v) is 11.9. The average Bonchev–Trinajstić information content (AvgIpc) is 3.12. The molecule has 4 N–H and O–H groups in total. The number of hydrogen-bond donors (Lipinski definition) is 4. The van der Waals surface area contributed by atoms with Gasteiger partial charge < -0.3 is 10.3 Å². The van der Waals surface area contributed by atoms with Crippen molar-refractivity contribution < 1.29 is 4.79 Å². The molecule has 2 heterocycles. The molecule has 2 fully saturated rings. The van der Waals surface area contributed by atoms with E-state index < -0.39 is 0 Å². The number of carbonyl (C=O) groups excluding carboxylic acids is 1. The molecule has 5 nitrogen and oxygen atoms in total. The van der Waals surface area contributed by atoms with Crippen LogP contribution < -0.4 is 16.2 Å². The molecule has 2 aliphatic rings. The molecule has 0 radical (unpaired) electrons. The summed E-state index contributed by atoms with van der Waals surface area (Å²) in [7, 11) is 0. The summed E-state index contributed by atoms with van der Waals surface area (Å²) in [5.74, 6) is 0.464. The number of H-pyrrole nitrogens is 1. The Hall–Kier alpha value is -1.85. The van der Waals surface area contributed by atoms with Gasteiger partial charge in [0.1, 0.15) is 6.04 Å². The maximum Gasteiger partial charge on any atom is 0.243 e. The van der Waals surface area contributed by atoms with Gasteiger partial charge in [0.05, 0.1) is 5.69 Å². The third-order valence-corrected chi connectivity index (χ3v) is 4.80. The lowest BCUT2D eigenvalue weighted by Crippen LogP contribution is -2.42. The summed E-state index contributed by atoms with van der Waals surface area (Å²) < 4.78 is 0. The maximum atomic E-state index is 12.6. The predicted octanol–water partition coefficient (Wildman–Crippen LogP) is 2.14. The van der Waals surface area contributed by atoms with Crippen LogP contribution in [-0.4, -0.2) is 23.0 Å². The van der Waals surface area contributed by atoms with Gasteiger partial charge in [-0.05, 0) is 18.9 Å². The number of benzene rings is 1. The second-order valence-electron chi connectivity index (χ2n) is 6.06. The normalized spacial score (nSPS) is 28.5. The number of rotatable bonds is 2. The van der Waals surface area contributed by atoms with Crippen molar-refractivity contribution in [2.24, 2.45) is 5.92 Å². The molecule has 3 unspecified atom stereocenters. The number of aromatic amines is 1. The lowest BCUT2D eigenvalue weighted by Gasteiger charge is -2.26. The quantitative estimate of drug-likeness (QED) is 0.683. The fraction of sp³-hybridized carbons (Fsp3) is 0.438. The number of amides is 1. The van der Waals surface area contributed by atoms with E-state index in [4.69, 9.17) is 0 Å². The summed E-state index contributed by atoms with van der Waals surface area (Å²) in [6.45, 7) is 0. The first-order valence-electron chi connectivity index (χ1n) is 7.71. The van der Waals surface area contributed by atoms with Crippen LogP contribution in [0.2, 0.25) is 0 Å². The average molecular weight is 284 g/mol. The smallest absolute Gasteiger partial charge is 0.243 e. The van der Waals surface area contributed by atoms with Crippen LogP contribution >= 0.6 is 0 Å². The fourth-order valence-electron chi connectivity index (χ4n) is 3.69. The molecule has 1 aromatic carbocycles. The number of hydrazine groups is 1. The Kier molecular flexibility index (Phi) is 3.16. The summed E-state index contributed by atoms with van der Waals surface area (Å²) in [6, 6.07) is 8.31. The van der Waals surface area contributed by atoms with Crippen molar-refractivity contribution in [1.82, 2.24) is 15.8 Å². The van der Waals surface area contributed by atoms with Crippen molar-refractivity contribution in [2.45, 2.75) is 37.8 Å². The van der Waals surface area contributed by atoms with Crippen LogP contribution in [0.15, 0.2) is 30.5 Å². The molecule has 4 rings (SSSR count). The minimum absolute atomic E-state index is 0.0571. The van der Waals surface area contributed by atoms with Gasteiger partial charge in [0, 0.05) is 29.1 Å². The molecule has 1 saturated carbocycles. The van der Waals surface area contributed by atoms with Crippen molar-refractivity contribution in [2.75, 3.05) is 5.32 Å². The third kappa shape index (κ3) is 2.22. The van der Waals surface area contributed by atoms with Crippen molar-refractivity contribution >= 4 is 22.5 Å². The van der Waals surface area contributed by atoms with Crippen LogP contribution in [0.3, 0.4) is 0 Å². The van der Waals surface area contributed by atoms with Crippen LogP contribution in [0, 0.1) is 5.92 Å². The lowest BCUT2D eigenvalue weighted by atomic mass is 9.81. The fourth-order valence-corrected chi connectivity index (χ4v) is 3.69. The Balaban J connectivity index is 1.53. The molecule has 2 aromatic rings. The van der Waals surface area contributed by atoms with E-state index in [1.807, 2.05) is 30.5 Å². The van der Waals surface area contributed by atoms with Gasteiger partial charge in [-0.1, -0.05) is 31.0 Å². The first-order chi connectivity index (χ1) is 10.3. The number of anilines is 1. The number of fused-ring (bicyclic) bond motifs is 2. The van der Waals surface area contributed by atoms with E-state index in [1.165, 1.54) is 12.8 Å². The molecule has 0 bridgehead atoms. The molecule has 5 heteroatoms. The van der Waals surface area contributed by atoms with E-state index in [9.17, 15) is 4.79 Å². The molecule has 1 amide bonds. The van der Waals surface area contributed by atoms with Gasteiger partial charge >= 0.3 is 0 Å². The predicted molar refractivity (Wildman–Crippen MR) is 82.7 cm³/mol. The highest BCUT2D eigenvalue weighted by molar-refractivity contribution is 6.03.